The van der Waals surface area contributed by atoms with Crippen molar-refractivity contribution < 1.29 is 4.74 Å². The summed E-state index contributed by atoms with van der Waals surface area (Å²) >= 11 is 0. The lowest BCUT2D eigenvalue weighted by Crippen LogP contribution is -1.98. The molecule has 0 fully saturated rings. The van der Waals surface area contributed by atoms with Crippen LogP contribution in [0.5, 0.6) is 11.9 Å². The van der Waals surface area contributed by atoms with Crippen LogP contribution in [0.3, 0.4) is 0 Å². The van der Waals surface area contributed by atoms with E-state index in [1.54, 1.807) is 29.8 Å². The minimum Gasteiger partial charge on any atom is -0.402 e. The number of hydrogen-bond acceptors (Lipinski definition) is 5. The van der Waals surface area contributed by atoms with Crippen LogP contribution in [0.25, 0.3) is 0 Å². The number of hydrogen-bond donors (Lipinski definition) is 1. The number of nitrogens with zero attached hydrogens (tertiary/aromatic N) is 5. The van der Waals surface area contributed by atoms with E-state index in [9.17, 15) is 0 Å². The Morgan fingerprint density at radius 2 is 2.00 bits per heavy atom. The van der Waals surface area contributed by atoms with Gasteiger partial charge in [0.25, 0.3) is 0 Å². The number of nitrogens with two attached hydrogens (primary N) is 1. The monoisotopic (exact) mass is 236 g/mol. The zero-order valence-electron chi connectivity index (χ0n) is 10.4. The third kappa shape index (κ3) is 2.08. The van der Waals surface area contributed by atoms with Crippen LogP contribution < -0.4 is 10.5 Å². The van der Waals surface area contributed by atoms with Gasteiger partial charge in [-0.3, -0.25) is 4.68 Å². The molecule has 0 radical (unpaired) electrons. The first-order valence-electron chi connectivity index (χ1n) is 5.35. The quantitative estimate of drug-likeness (QED) is 0.861. The third-order valence-electron chi connectivity index (χ3n) is 2.37. The Morgan fingerprint density at radius 3 is 2.47 bits per heavy atom. The Kier molecular flexibility index (Phi) is 2.74. The first-order valence-corrected chi connectivity index (χ1v) is 5.35. The Labute approximate surface area is 99.2 Å². The number of rotatable bonds is 3. The second-order valence-corrected chi connectivity index (χ2v) is 4.19. The van der Waals surface area contributed by atoms with Crippen molar-refractivity contribution in [2.75, 3.05) is 5.73 Å². The van der Waals surface area contributed by atoms with Gasteiger partial charge in [0, 0.05) is 14.1 Å². The molecule has 2 rings (SSSR count). The molecule has 0 aliphatic heterocycles. The topological polar surface area (TPSA) is 83.8 Å². The van der Waals surface area contributed by atoms with Crippen LogP contribution in [0.15, 0.2) is 6.33 Å². The van der Waals surface area contributed by atoms with E-state index in [0.717, 1.165) is 5.69 Å². The predicted octanol–water partition coefficient (Wildman–Crippen LogP) is 1.05. The summed E-state index contributed by atoms with van der Waals surface area (Å²) in [6.45, 7) is 4.06. The zero-order valence-corrected chi connectivity index (χ0v) is 10.4. The van der Waals surface area contributed by atoms with Crippen LogP contribution in [-0.2, 0) is 14.1 Å². The van der Waals surface area contributed by atoms with Gasteiger partial charge < -0.3 is 10.5 Å². The minimum atomic E-state index is 0.246. The summed E-state index contributed by atoms with van der Waals surface area (Å²) < 4.78 is 8.68. The maximum atomic E-state index is 5.99. The van der Waals surface area contributed by atoms with E-state index in [-0.39, 0.29) is 11.9 Å². The predicted molar refractivity (Wildman–Crippen MR) is 62.8 cm³/mol. The summed E-state index contributed by atoms with van der Waals surface area (Å²) in [4.78, 5) is 3.98. The van der Waals surface area contributed by atoms with E-state index in [0.29, 0.717) is 11.6 Å². The molecule has 2 aromatic heterocycles. The standard InChI is InChI=1S/C10H16N6O/c1-6(2)8-7(11)9(16(4)13-8)17-10-12-5-15(3)14-10/h5-6H,11H2,1-4H3. The van der Waals surface area contributed by atoms with Crippen molar-refractivity contribution in [1.82, 2.24) is 24.5 Å². The smallest absolute Gasteiger partial charge is 0.342 e. The van der Waals surface area contributed by atoms with Crippen molar-refractivity contribution >= 4 is 5.69 Å². The third-order valence-corrected chi connectivity index (χ3v) is 2.37. The Bertz CT molecular complexity index is 527. The van der Waals surface area contributed by atoms with E-state index >= 15 is 0 Å². The fraction of sp³-hybridized carbons (Fsp3) is 0.500. The number of nitrogen functional groups attached to an aromatic ring is 1. The van der Waals surface area contributed by atoms with Gasteiger partial charge in [0.1, 0.15) is 12.0 Å². The summed E-state index contributed by atoms with van der Waals surface area (Å²) in [7, 11) is 3.55. The van der Waals surface area contributed by atoms with Crippen LogP contribution in [0.1, 0.15) is 25.5 Å². The van der Waals surface area contributed by atoms with E-state index in [4.69, 9.17) is 10.5 Å². The largest absolute Gasteiger partial charge is 0.402 e. The van der Waals surface area contributed by atoms with Crippen molar-refractivity contribution in [3.8, 4) is 11.9 Å². The average molecular weight is 236 g/mol. The fourth-order valence-electron chi connectivity index (χ4n) is 1.55. The fourth-order valence-corrected chi connectivity index (χ4v) is 1.55. The molecule has 7 heteroatoms. The van der Waals surface area contributed by atoms with E-state index in [1.807, 2.05) is 13.8 Å². The molecule has 2 heterocycles. The SMILES string of the molecule is CC(C)c1nn(C)c(Oc2ncn(C)n2)c1N. The lowest BCUT2D eigenvalue weighted by atomic mass is 10.1. The molecule has 0 aliphatic carbocycles. The van der Waals surface area contributed by atoms with Gasteiger partial charge in [-0.2, -0.15) is 10.1 Å². The van der Waals surface area contributed by atoms with Gasteiger partial charge in [0.05, 0.1) is 5.69 Å². The van der Waals surface area contributed by atoms with Gasteiger partial charge in [0.2, 0.25) is 5.88 Å². The summed E-state index contributed by atoms with van der Waals surface area (Å²) in [6.07, 6.45) is 1.56. The van der Waals surface area contributed by atoms with Crippen molar-refractivity contribution in [2.45, 2.75) is 19.8 Å². The summed E-state index contributed by atoms with van der Waals surface area (Å²) in [5, 5.41) is 8.35. The van der Waals surface area contributed by atoms with Gasteiger partial charge in [-0.05, 0) is 5.92 Å². The highest BCUT2D eigenvalue weighted by molar-refractivity contribution is 5.54. The van der Waals surface area contributed by atoms with Crippen LogP contribution >= 0.6 is 0 Å². The van der Waals surface area contributed by atoms with Gasteiger partial charge in [-0.25, -0.2) is 4.68 Å². The maximum absolute atomic E-state index is 5.99. The molecule has 0 unspecified atom stereocenters. The van der Waals surface area contributed by atoms with Crippen LogP contribution in [-0.4, -0.2) is 24.5 Å². The highest BCUT2D eigenvalue weighted by atomic mass is 16.5. The first-order chi connectivity index (χ1) is 7.99. The van der Waals surface area contributed by atoms with Crippen molar-refractivity contribution in [1.29, 1.82) is 0 Å². The number of anilines is 1. The van der Waals surface area contributed by atoms with Gasteiger partial charge >= 0.3 is 6.01 Å². The lowest BCUT2D eigenvalue weighted by Gasteiger charge is -2.02. The second kappa shape index (κ2) is 4.08. The Hall–Kier alpha value is -2.05. The molecular formula is C10H16N6O. The number of ether oxygens (including phenoxy) is 1. The summed E-state index contributed by atoms with van der Waals surface area (Å²) in [6, 6.07) is 0.262. The Balaban J connectivity index is 2.33. The molecule has 0 aliphatic rings. The van der Waals surface area contributed by atoms with Crippen LogP contribution in [0, 0.1) is 0 Å². The van der Waals surface area contributed by atoms with E-state index < -0.39 is 0 Å². The molecule has 0 spiro atoms. The lowest BCUT2D eigenvalue weighted by molar-refractivity contribution is 0.399. The first kappa shape index (κ1) is 11.4. The van der Waals surface area contributed by atoms with Crippen LogP contribution in [0.2, 0.25) is 0 Å². The van der Waals surface area contributed by atoms with Gasteiger partial charge in [0.15, 0.2) is 0 Å². The van der Waals surface area contributed by atoms with E-state index in [1.165, 1.54) is 0 Å². The normalized spacial score (nSPS) is 11.1. The molecule has 7 nitrogen and oxygen atoms in total. The molecule has 0 bridgehead atoms. The maximum Gasteiger partial charge on any atom is 0.342 e. The highest BCUT2D eigenvalue weighted by Gasteiger charge is 2.18. The zero-order chi connectivity index (χ0) is 12.6. The average Bonchev–Trinajstić information content (AvgIpc) is 2.77. The van der Waals surface area contributed by atoms with Crippen molar-refractivity contribution in [2.24, 2.45) is 14.1 Å². The summed E-state index contributed by atoms with van der Waals surface area (Å²) in [5.41, 5.74) is 7.34. The summed E-state index contributed by atoms with van der Waals surface area (Å²) in [5.74, 6) is 0.718. The van der Waals surface area contributed by atoms with Gasteiger partial charge in [-0.1, -0.05) is 13.8 Å². The minimum absolute atomic E-state index is 0.246. The molecule has 2 aromatic rings. The molecule has 0 aromatic carbocycles. The molecular weight excluding hydrogens is 220 g/mol. The van der Waals surface area contributed by atoms with E-state index in [2.05, 4.69) is 15.2 Å². The Morgan fingerprint density at radius 1 is 1.29 bits per heavy atom. The van der Waals surface area contributed by atoms with Crippen molar-refractivity contribution in [3.05, 3.63) is 12.0 Å². The number of aromatic nitrogens is 5. The molecule has 2 N–H and O–H groups in total. The van der Waals surface area contributed by atoms with Crippen LogP contribution in [0.4, 0.5) is 5.69 Å². The van der Waals surface area contributed by atoms with Crippen molar-refractivity contribution in [3.63, 3.8) is 0 Å². The number of aryl methyl sites for hydroxylation is 2. The molecule has 17 heavy (non-hydrogen) atoms. The molecule has 0 atom stereocenters. The highest BCUT2D eigenvalue weighted by Crippen LogP contribution is 2.31. The second-order valence-electron chi connectivity index (χ2n) is 4.19. The molecule has 0 saturated heterocycles. The molecule has 0 amide bonds. The molecule has 0 saturated carbocycles. The molecule has 92 valence electrons. The van der Waals surface area contributed by atoms with Gasteiger partial charge in [-0.15, -0.1) is 5.10 Å².